The molecular formula is C50H53F2N13O. The summed E-state index contributed by atoms with van der Waals surface area (Å²) in [4.78, 5) is 37.2. The van der Waals surface area contributed by atoms with Crippen molar-refractivity contribution in [3.8, 4) is 28.5 Å². The third-order valence-electron chi connectivity index (χ3n) is 12.7. The van der Waals surface area contributed by atoms with Gasteiger partial charge in [0.05, 0.1) is 52.4 Å². The molecule has 2 fully saturated rings. The van der Waals surface area contributed by atoms with Crippen LogP contribution in [0.15, 0.2) is 91.8 Å². The first-order valence-corrected chi connectivity index (χ1v) is 22.7. The van der Waals surface area contributed by atoms with Gasteiger partial charge in [-0.15, -0.1) is 0 Å². The molecule has 338 valence electrons. The Balaban J connectivity index is 1.06. The number of fused-ring (bicyclic) bond motifs is 2. The standard InChI is InChI=1S/C50H53F2N13O/c1-28(2)35-23-56-45(31-6-9-33(51)10-7-31)61-48(35)60-39-13-17-55-50-44(39)42(63-18-14-34(53)15-19-63)26-65(50)40-22-32(8-11-37(40)52)46-57-24-36(29(3)4)47(62-46)59-38-12-16-54-49-43(38)41(25-58-49)64-20-21-66-27-30(64)5/h6-13,16-17,22-26,28-30,34H,14-15,18-21,27,53H2,1-5H3,(H,55,56,60,61)(H2,54,57,58,59,62). The molecule has 8 heterocycles. The van der Waals surface area contributed by atoms with Gasteiger partial charge in [0.15, 0.2) is 11.6 Å². The van der Waals surface area contributed by atoms with Gasteiger partial charge in [-0.3, -0.25) is 4.57 Å². The molecule has 1 unspecified atom stereocenters. The molecule has 2 saturated heterocycles. The predicted molar refractivity (Wildman–Crippen MR) is 257 cm³/mol. The zero-order chi connectivity index (χ0) is 45.6. The van der Waals surface area contributed by atoms with Gasteiger partial charge >= 0.3 is 0 Å². The van der Waals surface area contributed by atoms with Gasteiger partial charge in [-0.2, -0.15) is 0 Å². The molecule has 0 saturated carbocycles. The molecule has 14 nitrogen and oxygen atoms in total. The lowest BCUT2D eigenvalue weighted by Gasteiger charge is -2.35. The minimum Gasteiger partial charge on any atom is -0.377 e. The lowest BCUT2D eigenvalue weighted by Crippen LogP contribution is -2.43. The summed E-state index contributed by atoms with van der Waals surface area (Å²) in [5, 5.41) is 9.06. The number of benzene rings is 2. The van der Waals surface area contributed by atoms with E-state index < -0.39 is 5.82 Å². The van der Waals surface area contributed by atoms with Crippen LogP contribution >= 0.6 is 0 Å². The molecule has 0 amide bonds. The summed E-state index contributed by atoms with van der Waals surface area (Å²) in [6.07, 6.45) is 12.8. The van der Waals surface area contributed by atoms with E-state index in [4.69, 9.17) is 30.4 Å². The van der Waals surface area contributed by atoms with E-state index in [0.29, 0.717) is 59.0 Å². The van der Waals surface area contributed by atoms with E-state index in [-0.39, 0.29) is 29.7 Å². The number of halogens is 2. The minimum absolute atomic E-state index is 0.0832. The molecule has 2 aliphatic heterocycles. The van der Waals surface area contributed by atoms with Gasteiger partial charge in [0.25, 0.3) is 0 Å². The van der Waals surface area contributed by atoms with Crippen LogP contribution in [0, 0.1) is 11.6 Å². The molecule has 2 aliphatic rings. The monoisotopic (exact) mass is 889 g/mol. The van der Waals surface area contributed by atoms with Gasteiger partial charge in [-0.1, -0.05) is 27.7 Å². The number of piperidine rings is 1. The van der Waals surface area contributed by atoms with Crippen LogP contribution in [0.5, 0.6) is 0 Å². The molecule has 5 N–H and O–H groups in total. The molecule has 0 radical (unpaired) electrons. The number of nitrogens with one attached hydrogen (secondary N) is 3. The Morgan fingerprint density at radius 2 is 1.38 bits per heavy atom. The Morgan fingerprint density at radius 1 is 0.742 bits per heavy atom. The topological polar surface area (TPSA) is 164 Å². The first-order chi connectivity index (χ1) is 32.0. The summed E-state index contributed by atoms with van der Waals surface area (Å²) in [5.41, 5.74) is 14.7. The van der Waals surface area contributed by atoms with E-state index in [1.54, 1.807) is 36.7 Å². The maximum Gasteiger partial charge on any atom is 0.161 e. The fourth-order valence-corrected chi connectivity index (χ4v) is 9.05. The number of rotatable bonds is 11. The molecule has 0 bridgehead atoms. The van der Waals surface area contributed by atoms with Crippen molar-refractivity contribution < 1.29 is 13.5 Å². The largest absolute Gasteiger partial charge is 0.377 e. The Labute approximate surface area is 381 Å². The number of nitrogens with zero attached hydrogens (tertiary/aromatic N) is 9. The number of pyridine rings is 2. The number of nitrogens with two attached hydrogens (primary N) is 1. The second-order valence-electron chi connectivity index (χ2n) is 17.9. The van der Waals surface area contributed by atoms with Crippen molar-refractivity contribution in [1.29, 1.82) is 0 Å². The number of anilines is 6. The van der Waals surface area contributed by atoms with Crippen LogP contribution in [0.3, 0.4) is 0 Å². The van der Waals surface area contributed by atoms with Crippen molar-refractivity contribution in [3.63, 3.8) is 0 Å². The number of H-pyrrole nitrogens is 1. The van der Waals surface area contributed by atoms with Crippen molar-refractivity contribution in [2.24, 2.45) is 5.73 Å². The van der Waals surface area contributed by atoms with Crippen molar-refractivity contribution in [2.75, 3.05) is 53.3 Å². The molecule has 16 heteroatoms. The predicted octanol–water partition coefficient (Wildman–Crippen LogP) is 9.98. The highest BCUT2D eigenvalue weighted by molar-refractivity contribution is 6.03. The lowest BCUT2D eigenvalue weighted by atomic mass is 10.0. The molecule has 0 aliphatic carbocycles. The second kappa shape index (κ2) is 17.7. The summed E-state index contributed by atoms with van der Waals surface area (Å²) in [7, 11) is 0. The highest BCUT2D eigenvalue weighted by atomic mass is 19.1. The minimum atomic E-state index is -0.432. The van der Waals surface area contributed by atoms with E-state index in [1.807, 2.05) is 41.5 Å². The van der Waals surface area contributed by atoms with Crippen LogP contribution in [0.25, 0.3) is 50.5 Å². The summed E-state index contributed by atoms with van der Waals surface area (Å²) >= 11 is 0. The van der Waals surface area contributed by atoms with E-state index >= 15 is 4.39 Å². The van der Waals surface area contributed by atoms with Crippen molar-refractivity contribution >= 4 is 56.5 Å². The van der Waals surface area contributed by atoms with Crippen LogP contribution in [-0.4, -0.2) is 84.4 Å². The Hall–Kier alpha value is -7.04. The van der Waals surface area contributed by atoms with Crippen molar-refractivity contribution in [1.82, 2.24) is 39.5 Å². The highest BCUT2D eigenvalue weighted by Crippen LogP contribution is 2.41. The Morgan fingerprint density at radius 3 is 2.05 bits per heavy atom. The fraction of sp³-hybridized carbons (Fsp3) is 0.320. The number of ether oxygens (including phenoxy) is 1. The molecule has 8 aromatic rings. The smallest absolute Gasteiger partial charge is 0.161 e. The number of hydrogen-bond donors (Lipinski definition) is 4. The van der Waals surface area contributed by atoms with Crippen LogP contribution < -0.4 is 26.2 Å². The van der Waals surface area contributed by atoms with Crippen molar-refractivity contribution in [3.05, 3.63) is 115 Å². The number of aromatic nitrogens is 8. The van der Waals surface area contributed by atoms with Gasteiger partial charge in [-0.05, 0) is 86.2 Å². The maximum atomic E-state index is 16.5. The lowest BCUT2D eigenvalue weighted by molar-refractivity contribution is 0.0991. The van der Waals surface area contributed by atoms with E-state index in [2.05, 4.69) is 70.0 Å². The molecule has 1 atom stereocenters. The van der Waals surface area contributed by atoms with Crippen LogP contribution in [0.1, 0.15) is 70.4 Å². The van der Waals surface area contributed by atoms with Gasteiger partial charge in [0, 0.05) is 91.2 Å². The normalized spacial score (nSPS) is 16.0. The van der Waals surface area contributed by atoms with Crippen LogP contribution in [-0.2, 0) is 4.74 Å². The summed E-state index contributed by atoms with van der Waals surface area (Å²) in [6.45, 7) is 14.1. The first kappa shape index (κ1) is 42.9. The molecular weight excluding hydrogens is 837 g/mol. The SMILES string of the molecule is CC(C)c1cnc(-c2ccc(F)c(-n3cc(N4CCC(N)CC4)c4c(Nc5nc(-c6ccc(F)cc6)ncc5C(C)C)ccnc43)c2)nc1Nc1ccnc2[nH]cc(N3CCOCC3C)c12. The van der Waals surface area contributed by atoms with Crippen molar-refractivity contribution in [2.45, 2.75) is 71.4 Å². The zero-order valence-electron chi connectivity index (χ0n) is 37.7. The molecule has 2 aromatic carbocycles. The molecule has 10 rings (SSSR count). The summed E-state index contributed by atoms with van der Waals surface area (Å²) in [6, 6.07) is 15.3. The second-order valence-corrected chi connectivity index (χ2v) is 17.9. The van der Waals surface area contributed by atoms with E-state index in [0.717, 1.165) is 82.8 Å². The van der Waals surface area contributed by atoms with Crippen LogP contribution in [0.2, 0.25) is 0 Å². The molecule has 66 heavy (non-hydrogen) atoms. The molecule has 0 spiro atoms. The quantitative estimate of drug-likeness (QED) is 0.0974. The highest BCUT2D eigenvalue weighted by Gasteiger charge is 2.27. The Bertz CT molecular complexity index is 3050. The first-order valence-electron chi connectivity index (χ1n) is 22.7. The van der Waals surface area contributed by atoms with Gasteiger partial charge < -0.3 is 35.9 Å². The van der Waals surface area contributed by atoms with E-state index in [9.17, 15) is 4.39 Å². The third kappa shape index (κ3) is 8.15. The maximum absolute atomic E-state index is 16.5. The fourth-order valence-electron chi connectivity index (χ4n) is 9.05. The van der Waals surface area contributed by atoms with E-state index in [1.165, 1.54) is 18.2 Å². The summed E-state index contributed by atoms with van der Waals surface area (Å²) < 4.78 is 37.9. The van der Waals surface area contributed by atoms with Crippen LogP contribution in [0.4, 0.5) is 43.2 Å². The number of morpholine rings is 1. The van der Waals surface area contributed by atoms with Gasteiger partial charge in [0.2, 0.25) is 0 Å². The average molecular weight is 890 g/mol. The van der Waals surface area contributed by atoms with Gasteiger partial charge in [0.1, 0.15) is 34.6 Å². The summed E-state index contributed by atoms with van der Waals surface area (Å²) in [5.74, 6) is 1.57. The zero-order valence-corrected chi connectivity index (χ0v) is 37.7. The third-order valence-corrected chi connectivity index (χ3v) is 12.7. The number of aromatic amines is 1. The Kier molecular flexibility index (Phi) is 11.5. The number of hydrogen-bond acceptors (Lipinski definition) is 12. The average Bonchev–Trinajstić information content (AvgIpc) is 3.93. The molecule has 6 aromatic heterocycles. The van der Waals surface area contributed by atoms with Gasteiger partial charge in [-0.25, -0.2) is 38.7 Å².